The van der Waals surface area contributed by atoms with E-state index >= 15 is 0 Å². The van der Waals surface area contributed by atoms with Crippen molar-refractivity contribution in [2.45, 2.75) is 20.3 Å². The van der Waals surface area contributed by atoms with Crippen LogP contribution in [0.1, 0.15) is 30.0 Å². The molecule has 0 spiro atoms. The third kappa shape index (κ3) is 3.83. The molecule has 26 heavy (non-hydrogen) atoms. The fraction of sp³-hybridized carbons (Fsp3) is 0.217. The number of ketones is 2. The Morgan fingerprint density at radius 3 is 2.58 bits per heavy atom. The zero-order valence-electron chi connectivity index (χ0n) is 15.0. The van der Waals surface area contributed by atoms with Gasteiger partial charge < -0.3 is 5.11 Å². The molecule has 0 bridgehead atoms. The minimum absolute atomic E-state index is 0.124. The molecule has 2 aromatic carbocycles. The van der Waals surface area contributed by atoms with Gasteiger partial charge in [-0.05, 0) is 55.5 Å². The van der Waals surface area contributed by atoms with Gasteiger partial charge >= 0.3 is 0 Å². The van der Waals surface area contributed by atoms with Crippen LogP contribution in [0.5, 0.6) is 5.75 Å². The lowest BCUT2D eigenvalue weighted by Gasteiger charge is -2.27. The Hall–Kier alpha value is -2.94. The number of aromatic hydroxyl groups is 1. The number of hydrogen-bond donors (Lipinski definition) is 1. The summed E-state index contributed by atoms with van der Waals surface area (Å²) in [7, 11) is 0. The molecule has 0 saturated heterocycles. The first-order valence-electron chi connectivity index (χ1n) is 8.74. The van der Waals surface area contributed by atoms with Crippen LogP contribution in [0.15, 0.2) is 60.7 Å². The number of aryl methyl sites for hydroxylation is 1. The molecule has 1 aliphatic carbocycles. The average molecular weight is 346 g/mol. The van der Waals surface area contributed by atoms with Crippen LogP contribution >= 0.6 is 0 Å². The number of phenols is 1. The van der Waals surface area contributed by atoms with Crippen LogP contribution in [0.25, 0.3) is 11.6 Å². The van der Waals surface area contributed by atoms with Gasteiger partial charge in [0, 0.05) is 5.56 Å². The maximum atomic E-state index is 12.6. The molecule has 0 aliphatic heterocycles. The average Bonchev–Trinajstić information content (AvgIpc) is 2.62. The van der Waals surface area contributed by atoms with Crippen LogP contribution in [0.4, 0.5) is 0 Å². The van der Waals surface area contributed by atoms with E-state index < -0.39 is 5.92 Å². The van der Waals surface area contributed by atoms with E-state index in [1.165, 1.54) is 13.0 Å². The van der Waals surface area contributed by atoms with Crippen LogP contribution in [0, 0.1) is 18.8 Å². The summed E-state index contributed by atoms with van der Waals surface area (Å²) in [6, 6.07) is 15.1. The Balaban J connectivity index is 1.96. The number of Topliss-reactive ketones (excluding diaryl/α,β-unsaturated/α-hetero) is 1. The number of carbonyl (C=O) groups excluding carboxylic acids is 2. The Labute approximate surface area is 153 Å². The molecule has 3 nitrogen and oxygen atoms in total. The topological polar surface area (TPSA) is 54.4 Å². The van der Waals surface area contributed by atoms with E-state index in [1.54, 1.807) is 6.07 Å². The van der Waals surface area contributed by atoms with Gasteiger partial charge in [-0.2, -0.15) is 0 Å². The standard InChI is InChI=1S/C23H22O3/c1-15-8-11-21(25)20(12-15)19-13-18(23(16(2)24)22(26)14-19)10-9-17-6-4-3-5-7-17/h3-12,14,18,23,25H,13H2,1-2H3/b10-9+. The maximum Gasteiger partial charge on any atom is 0.167 e. The summed E-state index contributed by atoms with van der Waals surface area (Å²) in [6.45, 7) is 3.41. The zero-order chi connectivity index (χ0) is 18.7. The molecule has 2 aromatic rings. The highest BCUT2D eigenvalue weighted by Crippen LogP contribution is 2.38. The van der Waals surface area contributed by atoms with E-state index in [0.29, 0.717) is 12.0 Å². The minimum atomic E-state index is -0.661. The lowest BCUT2D eigenvalue weighted by molar-refractivity contribution is -0.130. The Morgan fingerprint density at radius 1 is 1.15 bits per heavy atom. The van der Waals surface area contributed by atoms with Gasteiger partial charge in [0.15, 0.2) is 5.78 Å². The molecule has 3 heteroatoms. The predicted molar refractivity (Wildman–Crippen MR) is 104 cm³/mol. The molecule has 2 unspecified atom stereocenters. The molecular weight excluding hydrogens is 324 g/mol. The quantitative estimate of drug-likeness (QED) is 0.824. The van der Waals surface area contributed by atoms with Gasteiger partial charge in [0.05, 0.1) is 5.92 Å². The normalized spacial score (nSPS) is 20.2. The van der Waals surface area contributed by atoms with Crippen molar-refractivity contribution in [2.24, 2.45) is 11.8 Å². The second-order valence-electron chi connectivity index (χ2n) is 6.82. The largest absolute Gasteiger partial charge is 0.507 e. The van der Waals surface area contributed by atoms with Crippen molar-refractivity contribution in [2.75, 3.05) is 0 Å². The summed E-state index contributed by atoms with van der Waals surface area (Å²) in [5, 5.41) is 10.2. The van der Waals surface area contributed by atoms with Gasteiger partial charge in [-0.25, -0.2) is 0 Å². The molecule has 0 fully saturated rings. The first-order chi connectivity index (χ1) is 12.5. The summed E-state index contributed by atoms with van der Waals surface area (Å²) in [5.41, 5.74) is 3.47. The van der Waals surface area contributed by atoms with Gasteiger partial charge in [0.25, 0.3) is 0 Å². The van der Waals surface area contributed by atoms with Crippen LogP contribution in [0.3, 0.4) is 0 Å². The number of rotatable bonds is 4. The maximum absolute atomic E-state index is 12.6. The van der Waals surface area contributed by atoms with Gasteiger partial charge in [0.2, 0.25) is 0 Å². The third-order valence-corrected chi connectivity index (χ3v) is 4.78. The lowest BCUT2D eigenvalue weighted by atomic mass is 9.75. The number of phenolic OH excluding ortho intramolecular Hbond substituents is 1. The van der Waals surface area contributed by atoms with Crippen molar-refractivity contribution in [1.29, 1.82) is 0 Å². The molecule has 132 valence electrons. The Bertz CT molecular complexity index is 891. The van der Waals surface area contributed by atoms with Crippen molar-refractivity contribution in [3.8, 4) is 5.75 Å². The highest BCUT2D eigenvalue weighted by Gasteiger charge is 2.34. The van der Waals surface area contributed by atoms with Crippen molar-refractivity contribution < 1.29 is 14.7 Å². The first-order valence-corrected chi connectivity index (χ1v) is 8.74. The van der Waals surface area contributed by atoms with Crippen molar-refractivity contribution in [3.63, 3.8) is 0 Å². The molecular formula is C23H22O3. The molecule has 3 rings (SSSR count). The monoisotopic (exact) mass is 346 g/mol. The molecule has 0 radical (unpaired) electrons. The molecule has 2 atom stereocenters. The van der Waals surface area contributed by atoms with Crippen LogP contribution in [0.2, 0.25) is 0 Å². The van der Waals surface area contributed by atoms with E-state index in [0.717, 1.165) is 16.7 Å². The van der Waals surface area contributed by atoms with E-state index in [2.05, 4.69) is 0 Å². The summed E-state index contributed by atoms with van der Waals surface area (Å²) in [4.78, 5) is 24.7. The SMILES string of the molecule is CC(=O)C1C(=O)C=C(c2cc(C)ccc2O)CC1/C=C/c1ccccc1. The second kappa shape index (κ2) is 7.52. The summed E-state index contributed by atoms with van der Waals surface area (Å²) in [5.74, 6) is -1.05. The lowest BCUT2D eigenvalue weighted by Crippen LogP contribution is -2.31. The summed E-state index contributed by atoms with van der Waals surface area (Å²) >= 11 is 0. The van der Waals surface area contributed by atoms with Crippen LogP contribution < -0.4 is 0 Å². The smallest absolute Gasteiger partial charge is 0.167 e. The molecule has 0 aromatic heterocycles. The number of hydrogen-bond acceptors (Lipinski definition) is 3. The number of allylic oxidation sites excluding steroid dienone is 3. The number of benzene rings is 2. The number of carbonyl (C=O) groups is 2. The van der Waals surface area contributed by atoms with E-state index in [-0.39, 0.29) is 23.2 Å². The van der Waals surface area contributed by atoms with Gasteiger partial charge in [-0.1, -0.05) is 54.1 Å². The third-order valence-electron chi connectivity index (χ3n) is 4.78. The minimum Gasteiger partial charge on any atom is -0.507 e. The molecule has 0 amide bonds. The van der Waals surface area contributed by atoms with E-state index in [9.17, 15) is 14.7 Å². The Morgan fingerprint density at radius 2 is 1.88 bits per heavy atom. The van der Waals surface area contributed by atoms with Crippen molar-refractivity contribution in [1.82, 2.24) is 0 Å². The van der Waals surface area contributed by atoms with Gasteiger partial charge in [0.1, 0.15) is 11.5 Å². The van der Waals surface area contributed by atoms with E-state index in [1.807, 2.05) is 61.5 Å². The second-order valence-corrected chi connectivity index (χ2v) is 6.82. The first kappa shape index (κ1) is 17.9. The fourth-order valence-electron chi connectivity index (χ4n) is 3.48. The zero-order valence-corrected chi connectivity index (χ0v) is 15.0. The highest BCUT2D eigenvalue weighted by molar-refractivity contribution is 6.11. The van der Waals surface area contributed by atoms with Gasteiger partial charge in [-0.15, -0.1) is 0 Å². The van der Waals surface area contributed by atoms with Crippen LogP contribution in [-0.2, 0) is 9.59 Å². The summed E-state index contributed by atoms with van der Waals surface area (Å²) < 4.78 is 0. The Kier molecular flexibility index (Phi) is 5.17. The molecule has 1 N–H and O–H groups in total. The van der Waals surface area contributed by atoms with E-state index in [4.69, 9.17) is 0 Å². The predicted octanol–water partition coefficient (Wildman–Crippen LogP) is 4.59. The fourth-order valence-corrected chi connectivity index (χ4v) is 3.48. The van der Waals surface area contributed by atoms with Crippen molar-refractivity contribution >= 4 is 23.2 Å². The van der Waals surface area contributed by atoms with Gasteiger partial charge in [-0.3, -0.25) is 9.59 Å². The molecule has 1 aliphatic rings. The van der Waals surface area contributed by atoms with Crippen molar-refractivity contribution in [3.05, 3.63) is 77.4 Å². The summed E-state index contributed by atoms with van der Waals surface area (Å²) in [6.07, 6.45) is 5.95. The molecule has 0 saturated carbocycles. The highest BCUT2D eigenvalue weighted by atomic mass is 16.3. The molecule has 0 heterocycles. The van der Waals surface area contributed by atoms with Crippen LogP contribution in [-0.4, -0.2) is 16.7 Å².